The van der Waals surface area contributed by atoms with E-state index in [0.29, 0.717) is 12.1 Å². The fourth-order valence-corrected chi connectivity index (χ4v) is 4.68. The Bertz CT molecular complexity index is 1190. The molecule has 3 aromatic carbocycles. The van der Waals surface area contributed by atoms with Gasteiger partial charge in [-0.2, -0.15) is 0 Å². The number of benzene rings is 3. The summed E-state index contributed by atoms with van der Waals surface area (Å²) in [4.78, 5) is 39.6. The lowest BCUT2D eigenvalue weighted by Gasteiger charge is -2.33. The van der Waals surface area contributed by atoms with Crippen LogP contribution in [0.15, 0.2) is 78.9 Å². The van der Waals surface area contributed by atoms with Crippen LogP contribution in [0.2, 0.25) is 0 Å². The van der Waals surface area contributed by atoms with Gasteiger partial charge in [0.2, 0.25) is 5.91 Å². The second kappa shape index (κ2) is 7.96. The molecule has 32 heavy (non-hydrogen) atoms. The summed E-state index contributed by atoms with van der Waals surface area (Å²) in [5, 5.41) is 5.66. The number of amides is 4. The number of aryl methyl sites for hydroxylation is 1. The fraction of sp³-hybridized carbons (Fsp3) is 0.192. The van der Waals surface area contributed by atoms with E-state index in [0.717, 1.165) is 40.0 Å². The molecule has 0 saturated carbocycles. The van der Waals surface area contributed by atoms with Crippen LogP contribution in [0.1, 0.15) is 24.0 Å². The van der Waals surface area contributed by atoms with Gasteiger partial charge in [-0.25, -0.2) is 4.79 Å². The van der Waals surface area contributed by atoms with E-state index in [-0.39, 0.29) is 12.5 Å². The zero-order valence-electron chi connectivity index (χ0n) is 17.5. The normalized spacial score (nSPS) is 19.6. The van der Waals surface area contributed by atoms with Crippen LogP contribution in [0.25, 0.3) is 11.1 Å². The van der Waals surface area contributed by atoms with Crippen molar-refractivity contribution in [3.8, 4) is 11.1 Å². The van der Waals surface area contributed by atoms with Crippen molar-refractivity contribution < 1.29 is 14.4 Å². The van der Waals surface area contributed by atoms with E-state index < -0.39 is 17.5 Å². The first-order chi connectivity index (χ1) is 15.6. The Labute approximate surface area is 186 Å². The molecule has 6 heteroatoms. The van der Waals surface area contributed by atoms with Gasteiger partial charge in [-0.1, -0.05) is 66.7 Å². The number of imide groups is 1. The Morgan fingerprint density at radius 1 is 0.906 bits per heavy atom. The summed E-state index contributed by atoms with van der Waals surface area (Å²) < 4.78 is 0. The van der Waals surface area contributed by atoms with Gasteiger partial charge in [0.25, 0.3) is 5.91 Å². The zero-order valence-corrected chi connectivity index (χ0v) is 17.5. The minimum absolute atomic E-state index is 0.324. The third-order valence-electron chi connectivity index (χ3n) is 6.23. The summed E-state index contributed by atoms with van der Waals surface area (Å²) in [7, 11) is 0. The highest BCUT2D eigenvalue weighted by Crippen LogP contribution is 2.39. The number of rotatable bonds is 4. The molecule has 0 unspecified atom stereocenters. The molecule has 3 aromatic rings. The highest BCUT2D eigenvalue weighted by molar-refractivity contribution is 6.10. The first-order valence-electron chi connectivity index (χ1n) is 10.7. The van der Waals surface area contributed by atoms with Crippen molar-refractivity contribution in [3.63, 3.8) is 0 Å². The minimum atomic E-state index is -1.07. The summed E-state index contributed by atoms with van der Waals surface area (Å²) in [5.41, 5.74) is 3.57. The molecule has 1 spiro atoms. The van der Waals surface area contributed by atoms with Crippen LogP contribution in [0.3, 0.4) is 0 Å². The van der Waals surface area contributed by atoms with E-state index in [1.165, 1.54) is 0 Å². The molecular weight excluding hydrogens is 402 g/mol. The number of fused-ring (bicyclic) bond motifs is 2. The second-order valence-corrected chi connectivity index (χ2v) is 8.23. The molecule has 5 rings (SSSR count). The van der Waals surface area contributed by atoms with Crippen LogP contribution >= 0.6 is 0 Å². The van der Waals surface area contributed by atoms with Crippen molar-refractivity contribution in [2.24, 2.45) is 0 Å². The molecule has 0 bridgehead atoms. The molecule has 4 amide bonds. The van der Waals surface area contributed by atoms with E-state index in [1.807, 2.05) is 78.9 Å². The maximum atomic E-state index is 13.3. The van der Waals surface area contributed by atoms with Gasteiger partial charge in [0, 0.05) is 5.69 Å². The number of urea groups is 1. The van der Waals surface area contributed by atoms with Gasteiger partial charge in [0.15, 0.2) is 0 Å². The molecule has 0 radical (unpaired) electrons. The largest absolute Gasteiger partial charge is 0.325 e. The summed E-state index contributed by atoms with van der Waals surface area (Å²) in [5.74, 6) is -0.772. The van der Waals surface area contributed by atoms with Crippen LogP contribution in [0.5, 0.6) is 0 Å². The van der Waals surface area contributed by atoms with Gasteiger partial charge in [-0.15, -0.1) is 0 Å². The Hall–Kier alpha value is -3.93. The summed E-state index contributed by atoms with van der Waals surface area (Å²) in [6, 6.07) is 24.6. The topological polar surface area (TPSA) is 78.5 Å². The van der Waals surface area contributed by atoms with Gasteiger partial charge in [0.05, 0.1) is 0 Å². The predicted molar refractivity (Wildman–Crippen MR) is 122 cm³/mol. The van der Waals surface area contributed by atoms with Crippen molar-refractivity contribution in [2.75, 3.05) is 11.9 Å². The zero-order chi connectivity index (χ0) is 22.1. The molecule has 1 aliphatic heterocycles. The Kier molecular flexibility index (Phi) is 4.98. The summed E-state index contributed by atoms with van der Waals surface area (Å²) in [6.07, 6.45) is 2.21. The molecule has 1 aliphatic carbocycles. The lowest BCUT2D eigenvalue weighted by molar-refractivity contribution is -0.134. The number of nitrogens with one attached hydrogen (secondary N) is 2. The molecule has 0 aromatic heterocycles. The lowest BCUT2D eigenvalue weighted by atomic mass is 9.76. The van der Waals surface area contributed by atoms with Gasteiger partial charge >= 0.3 is 6.03 Å². The molecule has 1 fully saturated rings. The highest BCUT2D eigenvalue weighted by Gasteiger charge is 2.54. The molecule has 1 heterocycles. The third-order valence-corrected chi connectivity index (χ3v) is 6.23. The standard InChI is InChI=1S/C26H23N3O3/c30-23(27-21-14-12-19(13-15-21)18-7-2-1-3-8-18)17-29-24(31)26(28-25(29)32)16-6-10-20-9-4-5-11-22(20)26/h1-5,7-9,11-15H,6,10,16-17H2,(H,27,30)(H,28,32)/t26-/m1/s1. The number of nitrogens with zero attached hydrogens (tertiary/aromatic N) is 1. The second-order valence-electron chi connectivity index (χ2n) is 8.23. The Morgan fingerprint density at radius 3 is 2.38 bits per heavy atom. The summed E-state index contributed by atoms with van der Waals surface area (Å²) in [6.45, 7) is -0.324. The SMILES string of the molecule is O=C(CN1C(=O)N[C@@]2(CCCc3ccccc32)C1=O)Nc1ccc(-c2ccccc2)cc1. The Balaban J connectivity index is 1.29. The first kappa shape index (κ1) is 20.0. The molecule has 2 aliphatic rings. The van der Waals surface area contributed by atoms with Gasteiger partial charge in [-0.3, -0.25) is 14.5 Å². The van der Waals surface area contributed by atoms with Crippen LogP contribution in [0, 0.1) is 0 Å². The van der Waals surface area contributed by atoms with Gasteiger partial charge < -0.3 is 10.6 Å². The number of carbonyl (C=O) groups is 3. The molecule has 2 N–H and O–H groups in total. The number of carbonyl (C=O) groups excluding carboxylic acids is 3. The maximum Gasteiger partial charge on any atom is 0.325 e. The third kappa shape index (κ3) is 3.43. The molecule has 6 nitrogen and oxygen atoms in total. The molecule has 1 saturated heterocycles. The molecule has 160 valence electrons. The van der Waals surface area contributed by atoms with Gasteiger partial charge in [0.1, 0.15) is 12.1 Å². The average molecular weight is 425 g/mol. The lowest BCUT2D eigenvalue weighted by Crippen LogP contribution is -2.47. The van der Waals surface area contributed by atoms with Crippen LogP contribution in [-0.2, 0) is 21.5 Å². The minimum Gasteiger partial charge on any atom is -0.325 e. The van der Waals surface area contributed by atoms with E-state index in [9.17, 15) is 14.4 Å². The smallest absolute Gasteiger partial charge is 0.325 e. The van der Waals surface area contributed by atoms with Gasteiger partial charge in [-0.05, 0) is 53.6 Å². The number of hydrogen-bond donors (Lipinski definition) is 2. The number of hydrogen-bond acceptors (Lipinski definition) is 3. The van der Waals surface area contributed by atoms with Crippen LogP contribution in [0.4, 0.5) is 10.5 Å². The molecule has 1 atom stereocenters. The summed E-state index contributed by atoms with van der Waals surface area (Å²) >= 11 is 0. The van der Waals surface area contributed by atoms with Crippen LogP contribution < -0.4 is 10.6 Å². The van der Waals surface area contributed by atoms with Crippen molar-refractivity contribution in [3.05, 3.63) is 90.0 Å². The van der Waals surface area contributed by atoms with Crippen molar-refractivity contribution in [2.45, 2.75) is 24.8 Å². The first-order valence-corrected chi connectivity index (χ1v) is 10.7. The van der Waals surface area contributed by atoms with Crippen molar-refractivity contribution in [1.29, 1.82) is 0 Å². The predicted octanol–water partition coefficient (Wildman–Crippen LogP) is 4.08. The highest BCUT2D eigenvalue weighted by atomic mass is 16.2. The Morgan fingerprint density at radius 2 is 1.59 bits per heavy atom. The van der Waals surface area contributed by atoms with E-state index in [1.54, 1.807) is 0 Å². The average Bonchev–Trinajstić information content (AvgIpc) is 3.05. The number of anilines is 1. The quantitative estimate of drug-likeness (QED) is 0.619. The van der Waals surface area contributed by atoms with E-state index in [4.69, 9.17) is 0 Å². The van der Waals surface area contributed by atoms with E-state index >= 15 is 0 Å². The van der Waals surface area contributed by atoms with Crippen molar-refractivity contribution in [1.82, 2.24) is 10.2 Å². The van der Waals surface area contributed by atoms with E-state index in [2.05, 4.69) is 10.6 Å². The van der Waals surface area contributed by atoms with Crippen LogP contribution in [-0.4, -0.2) is 29.3 Å². The maximum absolute atomic E-state index is 13.3. The van der Waals surface area contributed by atoms with Crippen molar-refractivity contribution >= 4 is 23.5 Å². The fourth-order valence-electron chi connectivity index (χ4n) is 4.68. The monoisotopic (exact) mass is 425 g/mol. The molecular formula is C26H23N3O3.